The highest BCUT2D eigenvalue weighted by Gasteiger charge is 2.16. The van der Waals surface area contributed by atoms with E-state index in [0.29, 0.717) is 11.1 Å². The van der Waals surface area contributed by atoms with E-state index < -0.39 is 5.97 Å². The number of aromatic nitrogens is 1. The third kappa shape index (κ3) is 2.20. The lowest BCUT2D eigenvalue weighted by Gasteiger charge is -2.04. The summed E-state index contributed by atoms with van der Waals surface area (Å²) in [7, 11) is 0. The predicted molar refractivity (Wildman–Crippen MR) is 62.1 cm³/mol. The number of carbonyl (C=O) groups is 1. The molecule has 1 heterocycles. The molecule has 1 aromatic heterocycles. The molecular formula is C13H12FNO2. The maximum absolute atomic E-state index is 13.6. The maximum Gasteiger partial charge on any atom is 0.355 e. The molecule has 1 N–H and O–H groups in total. The standard InChI is InChI=1S/C13H12FNO2/c1-2-17-13(16)12-10(7-8-15-12)9-5-3-4-6-11(9)14/h3-8,15H,2H2,1H3. The van der Waals surface area contributed by atoms with Crippen molar-refractivity contribution in [3.05, 3.63) is 48.0 Å². The lowest BCUT2D eigenvalue weighted by Crippen LogP contribution is -2.06. The predicted octanol–water partition coefficient (Wildman–Crippen LogP) is 3.00. The highest BCUT2D eigenvalue weighted by molar-refractivity contribution is 5.95. The van der Waals surface area contributed by atoms with Crippen molar-refractivity contribution in [1.82, 2.24) is 4.98 Å². The average Bonchev–Trinajstić information content (AvgIpc) is 2.79. The van der Waals surface area contributed by atoms with Gasteiger partial charge in [0.2, 0.25) is 0 Å². The molecule has 17 heavy (non-hydrogen) atoms. The van der Waals surface area contributed by atoms with Gasteiger partial charge in [-0.05, 0) is 19.1 Å². The second-order valence-electron chi connectivity index (χ2n) is 3.47. The summed E-state index contributed by atoms with van der Waals surface area (Å²) in [5.41, 5.74) is 1.18. The number of ether oxygens (including phenoxy) is 1. The maximum atomic E-state index is 13.6. The Morgan fingerprint density at radius 3 is 2.76 bits per heavy atom. The van der Waals surface area contributed by atoms with Crippen LogP contribution < -0.4 is 0 Å². The van der Waals surface area contributed by atoms with Gasteiger partial charge in [-0.1, -0.05) is 18.2 Å². The average molecular weight is 233 g/mol. The van der Waals surface area contributed by atoms with Crippen molar-refractivity contribution >= 4 is 5.97 Å². The van der Waals surface area contributed by atoms with Gasteiger partial charge in [-0.3, -0.25) is 0 Å². The second kappa shape index (κ2) is 4.82. The summed E-state index contributed by atoms with van der Waals surface area (Å²) in [4.78, 5) is 14.4. The summed E-state index contributed by atoms with van der Waals surface area (Å²) >= 11 is 0. The van der Waals surface area contributed by atoms with Gasteiger partial charge < -0.3 is 9.72 Å². The number of hydrogen-bond acceptors (Lipinski definition) is 2. The van der Waals surface area contributed by atoms with Crippen LogP contribution in [0.2, 0.25) is 0 Å². The molecule has 0 atom stereocenters. The smallest absolute Gasteiger partial charge is 0.355 e. The van der Waals surface area contributed by atoms with E-state index in [1.165, 1.54) is 6.07 Å². The number of aromatic amines is 1. The quantitative estimate of drug-likeness (QED) is 0.828. The molecule has 0 fully saturated rings. The van der Waals surface area contributed by atoms with Crippen molar-refractivity contribution in [3.8, 4) is 11.1 Å². The van der Waals surface area contributed by atoms with Crippen LogP contribution >= 0.6 is 0 Å². The summed E-state index contributed by atoms with van der Waals surface area (Å²) in [5.74, 6) is -0.839. The summed E-state index contributed by atoms with van der Waals surface area (Å²) in [6.45, 7) is 2.01. The highest BCUT2D eigenvalue weighted by atomic mass is 19.1. The van der Waals surface area contributed by atoms with E-state index in [9.17, 15) is 9.18 Å². The van der Waals surface area contributed by atoms with Gasteiger partial charge in [0.1, 0.15) is 11.5 Å². The zero-order valence-electron chi connectivity index (χ0n) is 9.37. The van der Waals surface area contributed by atoms with Crippen LogP contribution in [0.5, 0.6) is 0 Å². The Kier molecular flexibility index (Phi) is 3.23. The van der Waals surface area contributed by atoms with Crippen LogP contribution in [-0.2, 0) is 4.74 Å². The van der Waals surface area contributed by atoms with Crippen LogP contribution in [0, 0.1) is 5.82 Å². The lowest BCUT2D eigenvalue weighted by atomic mass is 10.1. The zero-order chi connectivity index (χ0) is 12.3. The van der Waals surface area contributed by atoms with Crippen molar-refractivity contribution in [2.75, 3.05) is 6.61 Å². The van der Waals surface area contributed by atoms with Crippen molar-refractivity contribution < 1.29 is 13.9 Å². The number of rotatable bonds is 3. The van der Waals surface area contributed by atoms with Gasteiger partial charge in [0.15, 0.2) is 0 Å². The van der Waals surface area contributed by atoms with Crippen LogP contribution in [0.25, 0.3) is 11.1 Å². The minimum Gasteiger partial charge on any atom is -0.461 e. The molecule has 0 aliphatic carbocycles. The minimum atomic E-state index is -0.476. The van der Waals surface area contributed by atoms with E-state index in [0.717, 1.165) is 0 Å². The number of halogens is 1. The number of carbonyl (C=O) groups excluding carboxylic acids is 1. The molecule has 88 valence electrons. The molecular weight excluding hydrogens is 221 g/mol. The molecule has 3 nitrogen and oxygen atoms in total. The van der Waals surface area contributed by atoms with Crippen molar-refractivity contribution in [3.63, 3.8) is 0 Å². The van der Waals surface area contributed by atoms with E-state index in [2.05, 4.69) is 4.98 Å². The van der Waals surface area contributed by atoms with Crippen LogP contribution in [0.3, 0.4) is 0 Å². The number of hydrogen-bond donors (Lipinski definition) is 1. The second-order valence-corrected chi connectivity index (χ2v) is 3.47. The van der Waals surface area contributed by atoms with Crippen LogP contribution in [-0.4, -0.2) is 17.6 Å². The highest BCUT2D eigenvalue weighted by Crippen LogP contribution is 2.26. The van der Waals surface area contributed by atoms with Gasteiger partial charge in [-0.2, -0.15) is 0 Å². The SMILES string of the molecule is CCOC(=O)c1[nH]ccc1-c1ccccc1F. The minimum absolute atomic E-state index is 0.275. The molecule has 0 aliphatic rings. The largest absolute Gasteiger partial charge is 0.461 e. The number of H-pyrrole nitrogens is 1. The molecule has 0 unspecified atom stereocenters. The van der Waals surface area contributed by atoms with Gasteiger partial charge >= 0.3 is 5.97 Å². The van der Waals surface area contributed by atoms with E-state index in [1.54, 1.807) is 37.4 Å². The summed E-state index contributed by atoms with van der Waals surface area (Å²) in [6.07, 6.45) is 1.59. The molecule has 2 aromatic rings. The van der Waals surface area contributed by atoms with Crippen LogP contribution in [0.4, 0.5) is 4.39 Å². The topological polar surface area (TPSA) is 42.1 Å². The summed E-state index contributed by atoms with van der Waals surface area (Å²) in [6, 6.07) is 7.97. The van der Waals surface area contributed by atoms with E-state index >= 15 is 0 Å². The van der Waals surface area contributed by atoms with E-state index in [1.807, 2.05) is 0 Å². The van der Waals surface area contributed by atoms with Crippen LogP contribution in [0.1, 0.15) is 17.4 Å². The Bertz CT molecular complexity index is 534. The number of nitrogens with one attached hydrogen (secondary N) is 1. The zero-order valence-corrected chi connectivity index (χ0v) is 9.37. The third-order valence-corrected chi connectivity index (χ3v) is 2.39. The van der Waals surface area contributed by atoms with Crippen molar-refractivity contribution in [2.24, 2.45) is 0 Å². The molecule has 0 bridgehead atoms. The van der Waals surface area contributed by atoms with E-state index in [4.69, 9.17) is 4.74 Å². The first kappa shape index (κ1) is 11.4. The first-order valence-corrected chi connectivity index (χ1v) is 5.33. The van der Waals surface area contributed by atoms with Gasteiger partial charge in [0, 0.05) is 17.3 Å². The van der Waals surface area contributed by atoms with Crippen LogP contribution in [0.15, 0.2) is 36.5 Å². The first-order valence-electron chi connectivity index (χ1n) is 5.33. The Labute approximate surface area is 98.2 Å². The van der Waals surface area contributed by atoms with Gasteiger partial charge in [-0.15, -0.1) is 0 Å². The Morgan fingerprint density at radius 1 is 1.29 bits per heavy atom. The molecule has 0 saturated heterocycles. The Morgan fingerprint density at radius 2 is 2.06 bits per heavy atom. The van der Waals surface area contributed by atoms with Crippen molar-refractivity contribution in [1.29, 1.82) is 0 Å². The molecule has 1 aromatic carbocycles. The monoisotopic (exact) mass is 233 g/mol. The fraction of sp³-hybridized carbons (Fsp3) is 0.154. The Balaban J connectivity index is 2.44. The number of benzene rings is 1. The Hall–Kier alpha value is -2.10. The molecule has 0 radical (unpaired) electrons. The fourth-order valence-corrected chi connectivity index (χ4v) is 1.65. The van der Waals surface area contributed by atoms with E-state index in [-0.39, 0.29) is 18.1 Å². The molecule has 0 aliphatic heterocycles. The van der Waals surface area contributed by atoms with Gasteiger partial charge in [-0.25, -0.2) is 9.18 Å². The summed E-state index contributed by atoms with van der Waals surface area (Å²) < 4.78 is 18.5. The van der Waals surface area contributed by atoms with Gasteiger partial charge in [0.05, 0.1) is 6.61 Å². The number of esters is 1. The fourth-order valence-electron chi connectivity index (χ4n) is 1.65. The summed E-state index contributed by atoms with van der Waals surface area (Å²) in [5, 5.41) is 0. The third-order valence-electron chi connectivity index (χ3n) is 2.39. The molecule has 0 saturated carbocycles. The lowest BCUT2D eigenvalue weighted by molar-refractivity contribution is 0.0521. The molecule has 4 heteroatoms. The molecule has 2 rings (SSSR count). The van der Waals surface area contributed by atoms with Gasteiger partial charge in [0.25, 0.3) is 0 Å². The first-order chi connectivity index (χ1) is 8.24. The van der Waals surface area contributed by atoms with Crippen molar-refractivity contribution in [2.45, 2.75) is 6.92 Å². The molecule has 0 spiro atoms. The normalized spacial score (nSPS) is 10.2. The molecule has 0 amide bonds.